The zero-order chi connectivity index (χ0) is 18.1. The minimum absolute atomic E-state index is 0.0664. The maximum Gasteiger partial charge on any atom is 0.144 e. The summed E-state index contributed by atoms with van der Waals surface area (Å²) in [7, 11) is 0. The number of aliphatic hydroxyl groups is 1. The Morgan fingerprint density at radius 3 is 2.65 bits per heavy atom. The Labute approximate surface area is 160 Å². The molecule has 1 aromatic carbocycles. The third kappa shape index (κ3) is 3.07. The minimum atomic E-state index is 0.0664. The Morgan fingerprint density at radius 1 is 1.12 bits per heavy atom. The predicted octanol–water partition coefficient (Wildman–Crippen LogP) is 6.01. The Hall–Kier alpha value is -2.42. The fraction of sp³-hybridized carbons (Fsp3) is 0.238. The smallest absolute Gasteiger partial charge is 0.144 e. The van der Waals surface area contributed by atoms with E-state index in [4.69, 9.17) is 0 Å². The van der Waals surface area contributed by atoms with Crippen LogP contribution < -0.4 is 0 Å². The van der Waals surface area contributed by atoms with E-state index in [9.17, 15) is 10.4 Å². The highest BCUT2D eigenvalue weighted by molar-refractivity contribution is 7.11. The van der Waals surface area contributed by atoms with E-state index in [0.717, 1.165) is 36.1 Å². The van der Waals surface area contributed by atoms with Crippen LogP contribution in [0, 0.1) is 18.3 Å². The van der Waals surface area contributed by atoms with Crippen molar-refractivity contribution >= 4 is 34.0 Å². The Kier molecular flexibility index (Phi) is 4.62. The third-order valence-corrected chi connectivity index (χ3v) is 6.68. The van der Waals surface area contributed by atoms with Gasteiger partial charge in [0.1, 0.15) is 22.4 Å². The first-order valence-electron chi connectivity index (χ1n) is 8.63. The van der Waals surface area contributed by atoms with Crippen molar-refractivity contribution in [1.82, 2.24) is 4.98 Å². The number of aliphatic hydroxyl groups excluding tert-OH is 1. The highest BCUT2D eigenvalue weighted by atomic mass is 32.1. The number of rotatable bonds is 3. The number of benzene rings is 1. The lowest BCUT2D eigenvalue weighted by molar-refractivity contribution is 0.512. The lowest BCUT2D eigenvalue weighted by atomic mass is 9.94. The molecule has 0 spiro atoms. The minimum Gasteiger partial charge on any atom is -0.506 e. The van der Waals surface area contributed by atoms with Crippen LogP contribution in [0.4, 0.5) is 0 Å². The lowest BCUT2D eigenvalue weighted by Gasteiger charge is -2.12. The van der Waals surface area contributed by atoms with Gasteiger partial charge < -0.3 is 5.11 Å². The fourth-order valence-electron chi connectivity index (χ4n) is 3.27. The van der Waals surface area contributed by atoms with E-state index in [1.807, 2.05) is 41.9 Å². The van der Waals surface area contributed by atoms with Crippen molar-refractivity contribution in [1.29, 1.82) is 5.26 Å². The number of nitriles is 1. The molecule has 1 aliphatic rings. The van der Waals surface area contributed by atoms with Crippen LogP contribution >= 0.6 is 22.7 Å². The van der Waals surface area contributed by atoms with Gasteiger partial charge in [-0.05, 0) is 38.2 Å². The molecule has 1 aliphatic carbocycles. The van der Waals surface area contributed by atoms with Crippen LogP contribution in [0.15, 0.2) is 35.0 Å². The summed E-state index contributed by atoms with van der Waals surface area (Å²) >= 11 is 3.08. The second kappa shape index (κ2) is 7.06. The molecule has 2 heterocycles. The van der Waals surface area contributed by atoms with Gasteiger partial charge in [0, 0.05) is 26.8 Å². The number of hydrogen-bond donors (Lipinski definition) is 1. The van der Waals surface area contributed by atoms with Gasteiger partial charge in [-0.1, -0.05) is 29.8 Å². The number of fused-ring (bicyclic) bond motifs is 1. The molecular formula is C21H18N2OS2. The molecule has 0 unspecified atom stereocenters. The van der Waals surface area contributed by atoms with Gasteiger partial charge in [0.2, 0.25) is 0 Å². The van der Waals surface area contributed by atoms with E-state index in [-0.39, 0.29) is 11.3 Å². The molecule has 5 heteroatoms. The molecule has 0 saturated heterocycles. The summed E-state index contributed by atoms with van der Waals surface area (Å²) in [5.74, 6) is 0.0664. The van der Waals surface area contributed by atoms with Crippen molar-refractivity contribution in [3.05, 3.63) is 61.6 Å². The van der Waals surface area contributed by atoms with Crippen LogP contribution in [-0.4, -0.2) is 10.1 Å². The Balaban J connectivity index is 1.73. The fourth-order valence-corrected chi connectivity index (χ4v) is 5.23. The van der Waals surface area contributed by atoms with E-state index < -0.39 is 0 Å². The largest absolute Gasteiger partial charge is 0.506 e. The van der Waals surface area contributed by atoms with Crippen molar-refractivity contribution in [2.24, 2.45) is 0 Å². The number of allylic oxidation sites excluding steroid dienone is 1. The second-order valence-electron chi connectivity index (χ2n) is 6.50. The van der Waals surface area contributed by atoms with Crippen molar-refractivity contribution in [3.8, 4) is 17.3 Å². The first kappa shape index (κ1) is 17.0. The zero-order valence-corrected chi connectivity index (χ0v) is 16.1. The molecule has 0 bridgehead atoms. The van der Waals surface area contributed by atoms with Crippen LogP contribution in [-0.2, 0) is 12.8 Å². The van der Waals surface area contributed by atoms with Crippen molar-refractivity contribution < 1.29 is 5.11 Å². The molecule has 3 aromatic rings. The number of aryl methyl sites for hydroxylation is 2. The summed E-state index contributed by atoms with van der Waals surface area (Å²) in [6.45, 7) is 2.05. The molecular weight excluding hydrogens is 360 g/mol. The summed E-state index contributed by atoms with van der Waals surface area (Å²) in [6, 6.07) is 10.3. The Morgan fingerprint density at radius 2 is 1.88 bits per heavy atom. The van der Waals surface area contributed by atoms with Crippen LogP contribution in [0.1, 0.15) is 39.4 Å². The van der Waals surface area contributed by atoms with E-state index in [1.54, 1.807) is 11.3 Å². The molecule has 1 N–H and O–H groups in total. The number of thiazole rings is 1. The molecule has 26 heavy (non-hydrogen) atoms. The topological polar surface area (TPSA) is 56.9 Å². The second-order valence-corrected chi connectivity index (χ2v) is 8.32. The molecule has 0 fully saturated rings. The molecule has 0 atom stereocenters. The molecule has 130 valence electrons. The van der Waals surface area contributed by atoms with Crippen LogP contribution in [0.25, 0.3) is 22.6 Å². The van der Waals surface area contributed by atoms with Crippen molar-refractivity contribution in [2.45, 2.75) is 32.6 Å². The summed E-state index contributed by atoms with van der Waals surface area (Å²) in [5.41, 5.74) is 5.33. The molecule has 2 aromatic heterocycles. The maximum absolute atomic E-state index is 10.8. The van der Waals surface area contributed by atoms with Gasteiger partial charge in [-0.15, -0.1) is 22.7 Å². The van der Waals surface area contributed by atoms with Gasteiger partial charge in [-0.3, -0.25) is 0 Å². The monoisotopic (exact) mass is 378 g/mol. The SMILES string of the molecule is Cc1ccc(-c2csc(/C(C#N)=C(\O)c3csc4c3CCCC4)n2)cc1. The summed E-state index contributed by atoms with van der Waals surface area (Å²) < 4.78 is 0. The van der Waals surface area contributed by atoms with Gasteiger partial charge in [0.15, 0.2) is 0 Å². The van der Waals surface area contributed by atoms with Crippen molar-refractivity contribution in [2.75, 3.05) is 0 Å². The summed E-state index contributed by atoms with van der Waals surface area (Å²) in [5, 5.41) is 25.0. The van der Waals surface area contributed by atoms with E-state index in [0.29, 0.717) is 5.01 Å². The molecule has 0 radical (unpaired) electrons. The average Bonchev–Trinajstić information content (AvgIpc) is 3.30. The lowest BCUT2D eigenvalue weighted by Crippen LogP contribution is -2.01. The standard InChI is InChI=1S/C21H18N2OS2/c1-13-6-8-14(9-7-13)18-12-26-21(23-18)16(10-22)20(24)17-11-25-19-5-3-2-4-15(17)19/h6-9,11-12,24H,2-5H2,1H3/b20-16-. The number of hydrogen-bond acceptors (Lipinski definition) is 5. The number of thiophene rings is 1. The van der Waals surface area contributed by atoms with E-state index in [1.165, 1.54) is 33.8 Å². The average molecular weight is 379 g/mol. The first-order valence-corrected chi connectivity index (χ1v) is 10.4. The van der Waals surface area contributed by atoms with Crippen LogP contribution in [0.2, 0.25) is 0 Å². The maximum atomic E-state index is 10.8. The van der Waals surface area contributed by atoms with Gasteiger partial charge in [-0.25, -0.2) is 4.98 Å². The molecule has 4 rings (SSSR count). The van der Waals surface area contributed by atoms with Crippen molar-refractivity contribution in [3.63, 3.8) is 0 Å². The quantitative estimate of drug-likeness (QED) is 0.448. The van der Waals surface area contributed by atoms with Gasteiger partial charge in [-0.2, -0.15) is 5.26 Å². The molecule has 3 nitrogen and oxygen atoms in total. The Bertz CT molecular complexity index is 1020. The zero-order valence-electron chi connectivity index (χ0n) is 14.5. The molecule has 0 saturated carbocycles. The highest BCUT2D eigenvalue weighted by Gasteiger charge is 2.22. The van der Waals surface area contributed by atoms with Gasteiger partial charge >= 0.3 is 0 Å². The first-order chi connectivity index (χ1) is 12.7. The normalized spacial score (nSPS) is 14.5. The predicted molar refractivity (Wildman–Crippen MR) is 108 cm³/mol. The molecule has 0 aliphatic heterocycles. The van der Waals surface area contributed by atoms with E-state index >= 15 is 0 Å². The van der Waals surface area contributed by atoms with Gasteiger partial charge in [0.05, 0.1) is 5.69 Å². The summed E-state index contributed by atoms with van der Waals surface area (Å²) in [4.78, 5) is 5.95. The van der Waals surface area contributed by atoms with Crippen LogP contribution in [0.5, 0.6) is 0 Å². The number of nitrogens with zero attached hydrogens (tertiary/aromatic N) is 2. The summed E-state index contributed by atoms with van der Waals surface area (Å²) in [6.07, 6.45) is 4.39. The third-order valence-electron chi connectivity index (χ3n) is 4.73. The number of aromatic nitrogens is 1. The molecule has 0 amide bonds. The van der Waals surface area contributed by atoms with Crippen LogP contribution in [0.3, 0.4) is 0 Å². The van der Waals surface area contributed by atoms with Gasteiger partial charge in [0.25, 0.3) is 0 Å². The highest BCUT2D eigenvalue weighted by Crippen LogP contribution is 2.37. The van der Waals surface area contributed by atoms with E-state index in [2.05, 4.69) is 11.1 Å².